The van der Waals surface area contributed by atoms with Crippen LogP contribution in [-0.4, -0.2) is 94.7 Å². The van der Waals surface area contributed by atoms with E-state index in [4.69, 9.17) is 14.9 Å². The highest BCUT2D eigenvalue weighted by molar-refractivity contribution is 5.99. The molecule has 7 N–H and O–H groups in total. The van der Waals surface area contributed by atoms with E-state index in [1.54, 1.807) is 115 Å². The summed E-state index contributed by atoms with van der Waals surface area (Å²) < 4.78 is 44.7. The number of halogens is 3. The predicted octanol–water partition coefficient (Wildman–Crippen LogP) is 8.34. The van der Waals surface area contributed by atoms with Crippen LogP contribution in [0.2, 0.25) is 0 Å². The highest BCUT2D eigenvalue weighted by Crippen LogP contribution is 2.21. The molecule has 5 aromatic carbocycles. The molecule has 2 atom stereocenters. The van der Waals surface area contributed by atoms with Gasteiger partial charge in [-0.05, 0) is 134 Å². The quantitative estimate of drug-likeness (QED) is 0.0397. The number of esters is 1. The number of amides is 5. The van der Waals surface area contributed by atoms with Crippen LogP contribution in [0.25, 0.3) is 0 Å². The number of methoxy groups -OCH3 is 1. The number of nitrogens with zero attached hydrogens (tertiary/aromatic N) is 6. The number of hydrogen-bond donors (Lipinski definition) is 7. The Balaban J connectivity index is 0.000000217. The SMILES string of the molecule is COC(=O)c1ccc([C@H](C)NC(=O)c2cc(C(=O)NCc3ccc(F)c(C)c3)ncn2)cc1C.Cc1cc(CNC(=O)c2cc(C(=O)N[C@@H](C)c3ccc(C(=O)O)c(C)c3)ncn2)ccc1F.Cc1cc(CNC(=O)c2cc(C(=O)O)ncn2)ccc1F. The maximum absolute atomic E-state index is 13.4. The summed E-state index contributed by atoms with van der Waals surface area (Å²) in [6.07, 6.45) is 3.29. The molecule has 0 saturated carbocycles. The molecule has 0 saturated heterocycles. The maximum atomic E-state index is 13.4. The molecule has 0 aliphatic carbocycles. The molecule has 454 valence electrons. The third kappa shape index (κ3) is 18.4. The molecule has 25 heteroatoms. The van der Waals surface area contributed by atoms with E-state index >= 15 is 0 Å². The fraction of sp³-hybridized carbons (Fsp3) is 0.206. The minimum absolute atomic E-state index is 0.0125. The van der Waals surface area contributed by atoms with Crippen LogP contribution in [0.3, 0.4) is 0 Å². The third-order valence-corrected chi connectivity index (χ3v) is 13.2. The molecule has 88 heavy (non-hydrogen) atoms. The second kappa shape index (κ2) is 30.6. The first-order valence-corrected chi connectivity index (χ1v) is 26.8. The molecule has 3 heterocycles. The number of ether oxygens (including phenoxy) is 1. The van der Waals surface area contributed by atoms with Crippen molar-refractivity contribution < 1.29 is 66.5 Å². The van der Waals surface area contributed by atoms with Gasteiger partial charge in [0.2, 0.25) is 0 Å². The maximum Gasteiger partial charge on any atom is 0.354 e. The smallest absolute Gasteiger partial charge is 0.354 e. The van der Waals surface area contributed by atoms with Crippen LogP contribution in [0.15, 0.2) is 128 Å². The summed E-state index contributed by atoms with van der Waals surface area (Å²) in [4.78, 5) is 119. The first kappa shape index (κ1) is 66.0. The summed E-state index contributed by atoms with van der Waals surface area (Å²) in [7, 11) is 1.32. The first-order valence-electron chi connectivity index (χ1n) is 26.8. The van der Waals surface area contributed by atoms with Crippen molar-refractivity contribution in [2.24, 2.45) is 0 Å². The number of carboxylic acids is 2. The summed E-state index contributed by atoms with van der Waals surface area (Å²) in [5.41, 5.74) is 6.91. The van der Waals surface area contributed by atoms with Gasteiger partial charge in [0.15, 0.2) is 5.69 Å². The minimum atomic E-state index is -1.24. The number of aryl methyl sites for hydroxylation is 5. The average molecular weight is 1200 g/mol. The zero-order valence-electron chi connectivity index (χ0n) is 48.8. The fourth-order valence-corrected chi connectivity index (χ4v) is 8.28. The lowest BCUT2D eigenvalue weighted by molar-refractivity contribution is 0.0597. The van der Waals surface area contributed by atoms with Gasteiger partial charge in [-0.2, -0.15) is 0 Å². The van der Waals surface area contributed by atoms with Gasteiger partial charge < -0.3 is 41.5 Å². The Labute approximate surface area is 502 Å². The third-order valence-electron chi connectivity index (χ3n) is 13.2. The lowest BCUT2D eigenvalue weighted by Gasteiger charge is -2.16. The number of nitrogens with one attached hydrogen (secondary N) is 5. The Morgan fingerprint density at radius 2 is 0.727 bits per heavy atom. The van der Waals surface area contributed by atoms with Crippen LogP contribution in [0.4, 0.5) is 13.2 Å². The number of aromatic carboxylic acids is 2. The lowest BCUT2D eigenvalue weighted by Crippen LogP contribution is -2.29. The largest absolute Gasteiger partial charge is 0.478 e. The van der Waals surface area contributed by atoms with Crippen molar-refractivity contribution in [1.82, 2.24) is 56.5 Å². The fourth-order valence-electron chi connectivity index (χ4n) is 8.28. The van der Waals surface area contributed by atoms with E-state index in [2.05, 4.69) is 56.5 Å². The number of aromatic nitrogens is 6. The Hall–Kier alpha value is -11.1. The molecule has 8 aromatic rings. The second-order valence-electron chi connectivity index (χ2n) is 19.8. The molecular formula is C63H60F3N11O11. The van der Waals surface area contributed by atoms with E-state index in [0.717, 1.165) is 58.4 Å². The summed E-state index contributed by atoms with van der Waals surface area (Å²) in [5.74, 6) is -6.12. The Bertz CT molecular complexity index is 3960. The first-order chi connectivity index (χ1) is 41.8. The highest BCUT2D eigenvalue weighted by atomic mass is 19.1. The molecule has 0 fully saturated rings. The van der Waals surface area contributed by atoms with Gasteiger partial charge in [-0.25, -0.2) is 57.5 Å². The molecule has 0 bridgehead atoms. The normalized spacial score (nSPS) is 11.2. The van der Waals surface area contributed by atoms with Gasteiger partial charge in [0.1, 0.15) is 64.9 Å². The number of benzene rings is 5. The van der Waals surface area contributed by atoms with E-state index in [1.807, 2.05) is 0 Å². The van der Waals surface area contributed by atoms with Crippen molar-refractivity contribution in [3.05, 3.63) is 247 Å². The van der Waals surface area contributed by atoms with Crippen molar-refractivity contribution >= 4 is 47.4 Å². The van der Waals surface area contributed by atoms with Gasteiger partial charge in [0.05, 0.1) is 30.3 Å². The second-order valence-corrected chi connectivity index (χ2v) is 19.8. The van der Waals surface area contributed by atoms with Crippen LogP contribution >= 0.6 is 0 Å². The lowest BCUT2D eigenvalue weighted by atomic mass is 10.0. The van der Waals surface area contributed by atoms with Gasteiger partial charge in [0, 0.05) is 37.8 Å². The van der Waals surface area contributed by atoms with E-state index in [-0.39, 0.29) is 82.9 Å². The molecule has 3 aromatic heterocycles. The van der Waals surface area contributed by atoms with E-state index in [9.17, 15) is 51.5 Å². The van der Waals surface area contributed by atoms with Crippen molar-refractivity contribution in [2.45, 2.75) is 80.2 Å². The van der Waals surface area contributed by atoms with Crippen LogP contribution < -0.4 is 26.6 Å². The van der Waals surface area contributed by atoms with Gasteiger partial charge in [0.25, 0.3) is 29.5 Å². The Morgan fingerprint density at radius 1 is 0.409 bits per heavy atom. The zero-order chi connectivity index (χ0) is 64.4. The molecule has 0 aliphatic rings. The molecule has 0 aliphatic heterocycles. The van der Waals surface area contributed by atoms with Gasteiger partial charge in [-0.3, -0.25) is 24.0 Å². The summed E-state index contributed by atoms with van der Waals surface area (Å²) in [6.45, 7) is 12.5. The van der Waals surface area contributed by atoms with Crippen molar-refractivity contribution in [2.75, 3.05) is 7.11 Å². The summed E-state index contributed by atoms with van der Waals surface area (Å²) in [6, 6.07) is 26.5. The number of carbonyl (C=O) groups is 8. The summed E-state index contributed by atoms with van der Waals surface area (Å²) in [5, 5.41) is 31.5. The molecule has 0 radical (unpaired) electrons. The number of rotatable bonds is 18. The highest BCUT2D eigenvalue weighted by Gasteiger charge is 2.21. The molecule has 22 nitrogen and oxygen atoms in total. The summed E-state index contributed by atoms with van der Waals surface area (Å²) >= 11 is 0. The predicted molar refractivity (Wildman–Crippen MR) is 312 cm³/mol. The van der Waals surface area contributed by atoms with Crippen molar-refractivity contribution in [1.29, 1.82) is 0 Å². The monoisotopic (exact) mass is 1200 g/mol. The van der Waals surface area contributed by atoms with E-state index in [1.165, 1.54) is 43.5 Å². The van der Waals surface area contributed by atoms with Gasteiger partial charge in [-0.15, -0.1) is 0 Å². The van der Waals surface area contributed by atoms with E-state index < -0.39 is 53.5 Å². The van der Waals surface area contributed by atoms with Gasteiger partial charge >= 0.3 is 17.9 Å². The van der Waals surface area contributed by atoms with Gasteiger partial charge in [-0.1, -0.05) is 60.7 Å². The molecule has 0 unspecified atom stereocenters. The number of carboxylic acid groups (broad SMARTS) is 2. The van der Waals surface area contributed by atoms with Crippen LogP contribution in [0.1, 0.15) is 165 Å². The number of carbonyl (C=O) groups excluding carboxylic acids is 6. The van der Waals surface area contributed by atoms with E-state index in [0.29, 0.717) is 27.8 Å². The average Bonchev–Trinajstić information content (AvgIpc) is 3.64. The topological polar surface area (TPSA) is 324 Å². The van der Waals surface area contributed by atoms with Crippen LogP contribution in [0.5, 0.6) is 0 Å². The van der Waals surface area contributed by atoms with Crippen LogP contribution in [-0.2, 0) is 24.4 Å². The Kier molecular flexibility index (Phi) is 23.0. The van der Waals surface area contributed by atoms with Crippen LogP contribution in [0, 0.1) is 52.1 Å². The molecular weight excluding hydrogens is 1140 g/mol. The minimum Gasteiger partial charge on any atom is -0.478 e. The van der Waals surface area contributed by atoms with Crippen molar-refractivity contribution in [3.63, 3.8) is 0 Å². The molecule has 5 amide bonds. The molecule has 8 rings (SSSR count). The number of hydrogen-bond acceptors (Lipinski definition) is 15. The standard InChI is InChI=1S/C25H25FN4O4.C24H23FN4O4.C14H12FN3O3/c1-14-10-18(6-7-19(14)25(33)34-4)16(3)30-24(32)22-11-21(28-13-29-22)23(31)27-12-17-5-8-20(26)15(2)9-17;1-13-9-17(5-6-18(13)24(32)33)15(3)29-23(31)21-10-20(27-12-28-21)22(30)26-11-16-4-7-19(25)14(2)8-16;1-8-4-9(2-3-10(8)15)6-16-13(19)11-5-12(14(20)21)18-7-17-11/h5-11,13,16H,12H2,1-4H3,(H,27,31)(H,30,32);4-10,12,15H,11H2,1-3H3,(H,26,30)(H,29,31)(H,32,33);2-5,7H,6H2,1H3,(H,16,19)(H,20,21)/t16-;15-;/m00./s1. The molecule has 0 spiro atoms. The van der Waals surface area contributed by atoms with Crippen molar-refractivity contribution in [3.8, 4) is 0 Å². The Morgan fingerprint density at radius 3 is 1.03 bits per heavy atom. The zero-order valence-corrected chi connectivity index (χ0v) is 48.8.